The third-order valence-electron chi connectivity index (χ3n) is 1.86. The number of carboxylic acids is 1. The van der Waals surface area contributed by atoms with Crippen molar-refractivity contribution < 1.29 is 9.90 Å². The number of hydrogen-bond acceptors (Lipinski definition) is 4. The topological polar surface area (TPSA) is 66.3 Å². The summed E-state index contributed by atoms with van der Waals surface area (Å²) >= 11 is 11.5. The van der Waals surface area contributed by atoms with Gasteiger partial charge in [-0.2, -0.15) is 0 Å². The fraction of sp³-hybridized carbons (Fsp3) is 0.444. The van der Waals surface area contributed by atoms with Crippen LogP contribution < -0.4 is 4.90 Å². The van der Waals surface area contributed by atoms with Crippen molar-refractivity contribution in [1.29, 1.82) is 0 Å². The van der Waals surface area contributed by atoms with Gasteiger partial charge >= 0.3 is 5.97 Å². The van der Waals surface area contributed by atoms with Gasteiger partial charge in [0.25, 0.3) is 0 Å². The van der Waals surface area contributed by atoms with Crippen LogP contribution in [0, 0.1) is 0 Å². The normalized spacial score (nSPS) is 10.2. The van der Waals surface area contributed by atoms with Crippen LogP contribution in [0.1, 0.15) is 13.3 Å². The Morgan fingerprint density at radius 2 is 2.19 bits per heavy atom. The summed E-state index contributed by atoms with van der Waals surface area (Å²) in [5.41, 5.74) is 0.492. The highest BCUT2D eigenvalue weighted by molar-refractivity contribution is 6.33. The van der Waals surface area contributed by atoms with Gasteiger partial charge in [-0.1, -0.05) is 30.1 Å². The van der Waals surface area contributed by atoms with E-state index in [0.717, 1.165) is 6.42 Å². The molecule has 0 aromatic carbocycles. The molecule has 1 aromatic heterocycles. The van der Waals surface area contributed by atoms with E-state index in [9.17, 15) is 4.79 Å². The number of anilines is 1. The number of hydrogen-bond donors (Lipinski definition) is 1. The minimum absolute atomic E-state index is 0.143. The predicted molar refractivity (Wildman–Crippen MR) is 62.2 cm³/mol. The summed E-state index contributed by atoms with van der Waals surface area (Å²) in [5.74, 6) is -0.933. The molecule has 0 aliphatic carbocycles. The van der Waals surface area contributed by atoms with Gasteiger partial charge in [0.1, 0.15) is 6.54 Å². The highest BCUT2D eigenvalue weighted by Crippen LogP contribution is 2.25. The molecule has 1 aromatic rings. The van der Waals surface area contributed by atoms with Crippen molar-refractivity contribution in [2.75, 3.05) is 18.0 Å². The van der Waals surface area contributed by atoms with Crippen LogP contribution in [-0.4, -0.2) is 34.4 Å². The molecule has 0 atom stereocenters. The van der Waals surface area contributed by atoms with E-state index in [1.807, 2.05) is 6.92 Å². The fourth-order valence-corrected chi connectivity index (χ4v) is 1.64. The second kappa shape index (κ2) is 5.86. The summed E-state index contributed by atoms with van der Waals surface area (Å²) < 4.78 is 0. The average Bonchev–Trinajstić information content (AvgIpc) is 2.20. The third-order valence-corrected chi connectivity index (χ3v) is 2.31. The number of carbonyl (C=O) groups is 1. The molecule has 0 saturated carbocycles. The van der Waals surface area contributed by atoms with Crippen molar-refractivity contribution in [3.05, 3.63) is 16.4 Å². The molecule has 1 heterocycles. The van der Waals surface area contributed by atoms with Crippen molar-refractivity contribution in [3.8, 4) is 0 Å². The van der Waals surface area contributed by atoms with Crippen LogP contribution in [-0.2, 0) is 4.79 Å². The Labute approximate surface area is 103 Å². The molecule has 0 bridgehead atoms. The van der Waals surface area contributed by atoms with Crippen LogP contribution in [0.15, 0.2) is 6.07 Å². The fourth-order valence-electron chi connectivity index (χ4n) is 1.28. The lowest BCUT2D eigenvalue weighted by atomic mass is 10.3. The first-order valence-corrected chi connectivity index (χ1v) is 5.45. The summed E-state index contributed by atoms with van der Waals surface area (Å²) in [6.45, 7) is 2.36. The Balaban J connectivity index is 2.99. The van der Waals surface area contributed by atoms with Crippen molar-refractivity contribution in [2.24, 2.45) is 0 Å². The molecule has 0 amide bonds. The summed E-state index contributed by atoms with van der Waals surface area (Å²) in [5, 5.41) is 16.3. The van der Waals surface area contributed by atoms with Gasteiger partial charge in [0.05, 0.1) is 5.69 Å². The third kappa shape index (κ3) is 3.50. The van der Waals surface area contributed by atoms with Crippen LogP contribution in [0.25, 0.3) is 0 Å². The van der Waals surface area contributed by atoms with Gasteiger partial charge in [0.2, 0.25) is 0 Å². The van der Waals surface area contributed by atoms with E-state index in [2.05, 4.69) is 10.2 Å². The van der Waals surface area contributed by atoms with E-state index in [4.69, 9.17) is 28.3 Å². The predicted octanol–water partition coefficient (Wildman–Crippen LogP) is 2.08. The minimum atomic E-state index is -0.933. The van der Waals surface area contributed by atoms with Gasteiger partial charge in [-0.3, -0.25) is 4.79 Å². The first-order chi connectivity index (χ1) is 7.54. The zero-order valence-corrected chi connectivity index (χ0v) is 10.2. The van der Waals surface area contributed by atoms with Gasteiger partial charge in [0.15, 0.2) is 10.3 Å². The molecule has 16 heavy (non-hydrogen) atoms. The highest BCUT2D eigenvalue weighted by Gasteiger charge is 2.15. The van der Waals surface area contributed by atoms with Crippen LogP contribution >= 0.6 is 23.2 Å². The van der Waals surface area contributed by atoms with Crippen LogP contribution in [0.3, 0.4) is 0 Å². The molecule has 0 aliphatic heterocycles. The first kappa shape index (κ1) is 13.0. The Bertz CT molecular complexity index is 387. The molecule has 0 radical (unpaired) electrons. The molecule has 88 valence electrons. The van der Waals surface area contributed by atoms with Crippen LogP contribution in [0.5, 0.6) is 0 Å². The van der Waals surface area contributed by atoms with Crippen LogP contribution in [0.2, 0.25) is 10.3 Å². The molecule has 0 saturated heterocycles. The highest BCUT2D eigenvalue weighted by atomic mass is 35.5. The van der Waals surface area contributed by atoms with Gasteiger partial charge in [-0.05, 0) is 6.42 Å². The molecule has 0 fully saturated rings. The zero-order valence-electron chi connectivity index (χ0n) is 8.65. The van der Waals surface area contributed by atoms with E-state index >= 15 is 0 Å². The molecular formula is C9H11Cl2N3O2. The molecule has 0 spiro atoms. The SMILES string of the molecule is CCCN(CC(=O)O)c1cc(Cl)nnc1Cl. The lowest BCUT2D eigenvalue weighted by molar-refractivity contribution is -0.135. The summed E-state index contributed by atoms with van der Waals surface area (Å²) in [4.78, 5) is 12.3. The molecule has 0 aliphatic rings. The van der Waals surface area contributed by atoms with E-state index in [1.165, 1.54) is 6.07 Å². The monoisotopic (exact) mass is 263 g/mol. The van der Waals surface area contributed by atoms with Crippen molar-refractivity contribution in [1.82, 2.24) is 10.2 Å². The van der Waals surface area contributed by atoms with E-state index < -0.39 is 5.97 Å². The number of rotatable bonds is 5. The maximum absolute atomic E-state index is 10.7. The number of carboxylic acid groups (broad SMARTS) is 1. The molecular weight excluding hydrogens is 253 g/mol. The molecule has 5 nitrogen and oxygen atoms in total. The molecule has 1 rings (SSSR count). The van der Waals surface area contributed by atoms with E-state index in [-0.39, 0.29) is 16.9 Å². The maximum Gasteiger partial charge on any atom is 0.323 e. The van der Waals surface area contributed by atoms with Gasteiger partial charge in [-0.15, -0.1) is 10.2 Å². The van der Waals surface area contributed by atoms with E-state index in [1.54, 1.807) is 4.90 Å². The molecule has 0 unspecified atom stereocenters. The van der Waals surface area contributed by atoms with E-state index in [0.29, 0.717) is 12.2 Å². The standard InChI is InChI=1S/C9H11Cl2N3O2/c1-2-3-14(5-8(15)16)6-4-7(10)12-13-9(6)11/h4H,2-3,5H2,1H3,(H,15,16). The number of aliphatic carboxylic acids is 1. The van der Waals surface area contributed by atoms with Gasteiger partial charge in [-0.25, -0.2) is 0 Å². The van der Waals surface area contributed by atoms with Crippen molar-refractivity contribution in [3.63, 3.8) is 0 Å². The number of nitrogens with zero attached hydrogens (tertiary/aromatic N) is 3. The Kier molecular flexibility index (Phi) is 4.76. The first-order valence-electron chi connectivity index (χ1n) is 4.70. The molecule has 7 heteroatoms. The van der Waals surface area contributed by atoms with Gasteiger partial charge in [0, 0.05) is 12.6 Å². The second-order valence-electron chi connectivity index (χ2n) is 3.16. The minimum Gasteiger partial charge on any atom is -0.480 e. The van der Waals surface area contributed by atoms with Crippen molar-refractivity contribution >= 4 is 34.9 Å². The molecule has 1 N–H and O–H groups in total. The maximum atomic E-state index is 10.7. The Hall–Kier alpha value is -1.07. The Morgan fingerprint density at radius 3 is 2.75 bits per heavy atom. The smallest absolute Gasteiger partial charge is 0.323 e. The average molecular weight is 264 g/mol. The summed E-state index contributed by atoms with van der Waals surface area (Å²) in [6.07, 6.45) is 0.795. The summed E-state index contributed by atoms with van der Waals surface area (Å²) in [7, 11) is 0. The number of aromatic nitrogens is 2. The van der Waals surface area contributed by atoms with Gasteiger partial charge < -0.3 is 10.0 Å². The van der Waals surface area contributed by atoms with Crippen LogP contribution in [0.4, 0.5) is 5.69 Å². The largest absolute Gasteiger partial charge is 0.480 e. The number of halogens is 2. The second-order valence-corrected chi connectivity index (χ2v) is 3.90. The quantitative estimate of drug-likeness (QED) is 0.881. The van der Waals surface area contributed by atoms with Crippen molar-refractivity contribution in [2.45, 2.75) is 13.3 Å². The lowest BCUT2D eigenvalue weighted by Crippen LogP contribution is -2.30. The Morgan fingerprint density at radius 1 is 1.50 bits per heavy atom. The lowest BCUT2D eigenvalue weighted by Gasteiger charge is -2.22. The zero-order chi connectivity index (χ0) is 12.1. The summed E-state index contributed by atoms with van der Waals surface area (Å²) in [6, 6.07) is 1.51.